The van der Waals surface area contributed by atoms with Crippen LogP contribution < -0.4 is 11.1 Å². The maximum atomic E-state index is 12.2. The van der Waals surface area contributed by atoms with Crippen LogP contribution in [0.4, 0.5) is 10.5 Å². The molecule has 7 heteroatoms. The van der Waals surface area contributed by atoms with E-state index in [1.54, 1.807) is 23.1 Å². The molecule has 2 heterocycles. The summed E-state index contributed by atoms with van der Waals surface area (Å²) in [6.45, 7) is 1.57. The van der Waals surface area contributed by atoms with Crippen molar-refractivity contribution >= 4 is 28.5 Å². The van der Waals surface area contributed by atoms with Gasteiger partial charge in [-0.3, -0.25) is 9.89 Å². The number of carbonyl (C=O) groups is 2. The van der Waals surface area contributed by atoms with E-state index in [0.29, 0.717) is 16.6 Å². The lowest BCUT2D eigenvalue weighted by molar-refractivity contribution is 0.0997. The van der Waals surface area contributed by atoms with Crippen LogP contribution in [0.15, 0.2) is 18.2 Å². The maximum absolute atomic E-state index is 12.2. The van der Waals surface area contributed by atoms with Gasteiger partial charge in [0.25, 0.3) is 5.91 Å². The average Bonchev–Trinajstić information content (AvgIpc) is 2.91. The monoisotopic (exact) mass is 287 g/mol. The van der Waals surface area contributed by atoms with Gasteiger partial charge in [0.2, 0.25) is 0 Å². The molecule has 0 unspecified atom stereocenters. The summed E-state index contributed by atoms with van der Waals surface area (Å²) >= 11 is 0. The van der Waals surface area contributed by atoms with Crippen molar-refractivity contribution in [1.29, 1.82) is 0 Å². The number of H-pyrrole nitrogens is 1. The summed E-state index contributed by atoms with van der Waals surface area (Å²) in [5.74, 6) is -0.597. The molecule has 1 saturated heterocycles. The smallest absolute Gasteiger partial charge is 0.321 e. The molecule has 110 valence electrons. The minimum atomic E-state index is -0.597. The van der Waals surface area contributed by atoms with E-state index in [4.69, 9.17) is 5.73 Å². The third-order valence-electron chi connectivity index (χ3n) is 3.69. The second-order valence-corrected chi connectivity index (χ2v) is 5.17. The fourth-order valence-corrected chi connectivity index (χ4v) is 2.58. The van der Waals surface area contributed by atoms with Gasteiger partial charge in [-0.15, -0.1) is 0 Å². The number of rotatable bonds is 2. The second kappa shape index (κ2) is 5.43. The number of hydrogen-bond donors (Lipinski definition) is 3. The summed E-state index contributed by atoms with van der Waals surface area (Å²) in [6, 6.07) is 5.13. The minimum absolute atomic E-state index is 0.113. The van der Waals surface area contributed by atoms with Crippen molar-refractivity contribution in [2.45, 2.75) is 19.3 Å². The Kier molecular flexibility index (Phi) is 3.47. The topological polar surface area (TPSA) is 104 Å². The molecular weight excluding hydrogens is 270 g/mol. The highest BCUT2D eigenvalue weighted by Crippen LogP contribution is 2.21. The molecular formula is C14H17N5O2. The van der Waals surface area contributed by atoms with E-state index in [1.165, 1.54) is 6.42 Å². The Bertz CT molecular complexity index is 688. The Morgan fingerprint density at radius 3 is 2.71 bits per heavy atom. The zero-order valence-corrected chi connectivity index (χ0v) is 11.6. The first-order valence-electron chi connectivity index (χ1n) is 6.99. The van der Waals surface area contributed by atoms with E-state index >= 15 is 0 Å². The van der Waals surface area contributed by atoms with Crippen LogP contribution in [0.1, 0.15) is 29.8 Å². The van der Waals surface area contributed by atoms with E-state index in [9.17, 15) is 9.59 Å². The zero-order chi connectivity index (χ0) is 14.8. The number of fused-ring (bicyclic) bond motifs is 1. The first-order valence-corrected chi connectivity index (χ1v) is 6.99. The SMILES string of the molecule is NC(=O)c1n[nH]c2ccc(NC(=O)N3CCCCC3)cc12. The molecule has 0 saturated carbocycles. The first kappa shape index (κ1) is 13.4. The molecule has 0 aliphatic carbocycles. The van der Waals surface area contributed by atoms with Gasteiger partial charge in [-0.2, -0.15) is 5.10 Å². The number of aromatic nitrogens is 2. The number of likely N-dealkylation sites (tertiary alicyclic amines) is 1. The van der Waals surface area contributed by atoms with Gasteiger partial charge < -0.3 is 16.0 Å². The maximum Gasteiger partial charge on any atom is 0.321 e. The Hall–Kier alpha value is -2.57. The molecule has 2 aromatic rings. The van der Waals surface area contributed by atoms with Gasteiger partial charge in [-0.25, -0.2) is 4.79 Å². The summed E-state index contributed by atoms with van der Waals surface area (Å²) in [5, 5.41) is 10.1. The minimum Gasteiger partial charge on any atom is -0.364 e. The van der Waals surface area contributed by atoms with Crippen LogP contribution in [0.3, 0.4) is 0 Å². The quantitative estimate of drug-likeness (QED) is 0.782. The zero-order valence-electron chi connectivity index (χ0n) is 11.6. The van der Waals surface area contributed by atoms with Crippen molar-refractivity contribution in [2.75, 3.05) is 18.4 Å². The van der Waals surface area contributed by atoms with Gasteiger partial charge in [0.15, 0.2) is 5.69 Å². The molecule has 4 N–H and O–H groups in total. The van der Waals surface area contributed by atoms with Crippen molar-refractivity contribution in [3.63, 3.8) is 0 Å². The van der Waals surface area contributed by atoms with Gasteiger partial charge in [-0.05, 0) is 37.5 Å². The fourth-order valence-electron chi connectivity index (χ4n) is 2.58. The van der Waals surface area contributed by atoms with Crippen molar-refractivity contribution in [1.82, 2.24) is 15.1 Å². The van der Waals surface area contributed by atoms with Crippen molar-refractivity contribution < 1.29 is 9.59 Å². The average molecular weight is 287 g/mol. The summed E-state index contributed by atoms with van der Waals surface area (Å²) in [5.41, 5.74) is 6.79. The van der Waals surface area contributed by atoms with Crippen LogP contribution in [0, 0.1) is 0 Å². The number of benzene rings is 1. The van der Waals surface area contributed by atoms with Gasteiger partial charge in [0.1, 0.15) is 0 Å². The molecule has 1 aromatic carbocycles. The molecule has 0 radical (unpaired) electrons. The molecule has 0 atom stereocenters. The number of hydrogen-bond acceptors (Lipinski definition) is 3. The molecule has 0 spiro atoms. The standard InChI is InChI=1S/C14H17N5O2/c15-13(20)12-10-8-9(4-5-11(10)17-18-12)16-14(21)19-6-2-1-3-7-19/h4-5,8H,1-3,6-7H2,(H2,15,20)(H,16,21)(H,17,18). The number of aromatic amines is 1. The Balaban J connectivity index is 1.81. The van der Waals surface area contributed by atoms with Gasteiger partial charge >= 0.3 is 6.03 Å². The van der Waals surface area contributed by atoms with E-state index in [-0.39, 0.29) is 11.7 Å². The molecule has 1 aromatic heterocycles. The van der Waals surface area contributed by atoms with Gasteiger partial charge in [-0.1, -0.05) is 0 Å². The molecule has 1 aliphatic heterocycles. The predicted molar refractivity (Wildman–Crippen MR) is 79.1 cm³/mol. The van der Waals surface area contributed by atoms with Crippen molar-refractivity contribution in [2.24, 2.45) is 5.73 Å². The predicted octanol–water partition coefficient (Wildman–Crippen LogP) is 1.68. The third kappa shape index (κ3) is 2.67. The lowest BCUT2D eigenvalue weighted by Crippen LogP contribution is -2.38. The number of nitrogens with zero attached hydrogens (tertiary/aromatic N) is 2. The molecule has 1 aliphatic rings. The largest absolute Gasteiger partial charge is 0.364 e. The van der Waals surface area contributed by atoms with Crippen LogP contribution in [-0.2, 0) is 0 Å². The van der Waals surface area contributed by atoms with E-state index in [1.807, 2.05) is 0 Å². The number of primary amides is 1. The highest BCUT2D eigenvalue weighted by Gasteiger charge is 2.17. The van der Waals surface area contributed by atoms with Crippen LogP contribution in [0.2, 0.25) is 0 Å². The number of carbonyl (C=O) groups excluding carboxylic acids is 2. The number of nitrogens with two attached hydrogens (primary N) is 1. The summed E-state index contributed by atoms with van der Waals surface area (Å²) in [7, 11) is 0. The number of nitrogens with one attached hydrogen (secondary N) is 2. The van der Waals surface area contributed by atoms with E-state index < -0.39 is 5.91 Å². The first-order chi connectivity index (χ1) is 10.1. The molecule has 1 fully saturated rings. The van der Waals surface area contributed by atoms with Crippen LogP contribution in [0.25, 0.3) is 10.9 Å². The van der Waals surface area contributed by atoms with Gasteiger partial charge in [0.05, 0.1) is 5.52 Å². The summed E-state index contributed by atoms with van der Waals surface area (Å²) in [6.07, 6.45) is 3.26. The Labute approximate surface area is 121 Å². The molecule has 3 rings (SSSR count). The lowest BCUT2D eigenvalue weighted by atomic mass is 10.1. The van der Waals surface area contributed by atoms with E-state index in [2.05, 4.69) is 15.5 Å². The molecule has 7 nitrogen and oxygen atoms in total. The number of amides is 3. The molecule has 21 heavy (non-hydrogen) atoms. The van der Waals surface area contributed by atoms with Crippen molar-refractivity contribution in [3.05, 3.63) is 23.9 Å². The van der Waals surface area contributed by atoms with Crippen LogP contribution >= 0.6 is 0 Å². The Morgan fingerprint density at radius 2 is 2.00 bits per heavy atom. The number of urea groups is 1. The highest BCUT2D eigenvalue weighted by atomic mass is 16.2. The second-order valence-electron chi connectivity index (χ2n) is 5.17. The summed E-state index contributed by atoms with van der Waals surface area (Å²) < 4.78 is 0. The third-order valence-corrected chi connectivity index (χ3v) is 3.69. The highest BCUT2D eigenvalue weighted by molar-refractivity contribution is 6.05. The van der Waals surface area contributed by atoms with Crippen molar-refractivity contribution in [3.8, 4) is 0 Å². The number of anilines is 1. The molecule has 3 amide bonds. The van der Waals surface area contributed by atoms with Crippen LogP contribution in [0.5, 0.6) is 0 Å². The fraction of sp³-hybridized carbons (Fsp3) is 0.357. The normalized spacial score (nSPS) is 15.1. The molecule has 0 bridgehead atoms. The summed E-state index contributed by atoms with van der Waals surface area (Å²) in [4.78, 5) is 25.3. The Morgan fingerprint density at radius 1 is 1.24 bits per heavy atom. The van der Waals surface area contributed by atoms with Gasteiger partial charge in [0, 0.05) is 24.2 Å². The van der Waals surface area contributed by atoms with E-state index in [0.717, 1.165) is 25.9 Å². The lowest BCUT2D eigenvalue weighted by Gasteiger charge is -2.26. The van der Waals surface area contributed by atoms with Crippen LogP contribution in [-0.4, -0.2) is 40.1 Å². The number of piperidine rings is 1.